The summed E-state index contributed by atoms with van der Waals surface area (Å²) in [6, 6.07) is 3.93. The van der Waals surface area contributed by atoms with Crippen molar-refractivity contribution >= 4 is 21.6 Å². The maximum absolute atomic E-state index is 13.9. The molecule has 23 heavy (non-hydrogen) atoms. The monoisotopic (exact) mass is 357 g/mol. The zero-order chi connectivity index (χ0) is 16.4. The third-order valence-corrected chi connectivity index (χ3v) is 5.53. The second-order valence-corrected chi connectivity index (χ2v) is 7.21. The van der Waals surface area contributed by atoms with Crippen LogP contribution >= 0.6 is 11.6 Å². The lowest BCUT2D eigenvalue weighted by molar-refractivity contribution is 0.0730. The van der Waals surface area contributed by atoms with Crippen molar-refractivity contribution in [3.63, 3.8) is 0 Å². The molecule has 9 heteroatoms. The third kappa shape index (κ3) is 3.35. The van der Waals surface area contributed by atoms with Gasteiger partial charge in [0.15, 0.2) is 0 Å². The van der Waals surface area contributed by atoms with Gasteiger partial charge in [0.1, 0.15) is 15.9 Å². The minimum absolute atomic E-state index is 0.0396. The van der Waals surface area contributed by atoms with Gasteiger partial charge in [-0.15, -0.1) is 0 Å². The van der Waals surface area contributed by atoms with Crippen molar-refractivity contribution in [2.24, 2.45) is 0 Å². The fraction of sp³-hybridized carbons (Fsp3) is 0.286. The molecule has 6 nitrogen and oxygen atoms in total. The SMILES string of the molecule is O=S(=O)(c1ccc(-c2cnc(Cl)cc2F)nc1)N1CCOCC1. The number of sulfonamides is 1. The quantitative estimate of drug-likeness (QED) is 0.785. The minimum atomic E-state index is -3.62. The van der Waals surface area contributed by atoms with Crippen molar-refractivity contribution < 1.29 is 17.5 Å². The normalized spacial score (nSPS) is 16.4. The van der Waals surface area contributed by atoms with E-state index in [1.165, 1.54) is 28.8 Å². The summed E-state index contributed by atoms with van der Waals surface area (Å²) in [5, 5.41) is 0.0396. The largest absolute Gasteiger partial charge is 0.379 e. The number of ether oxygens (including phenoxy) is 1. The number of pyridine rings is 2. The maximum Gasteiger partial charge on any atom is 0.244 e. The number of hydrogen-bond acceptors (Lipinski definition) is 5. The Hall–Kier alpha value is -1.61. The molecule has 0 aromatic carbocycles. The van der Waals surface area contributed by atoms with Crippen LogP contribution in [0, 0.1) is 5.82 Å². The molecule has 0 radical (unpaired) electrons. The Labute approximate surface area is 137 Å². The van der Waals surface area contributed by atoms with E-state index in [-0.39, 0.29) is 21.3 Å². The molecule has 0 spiro atoms. The Morgan fingerprint density at radius 3 is 2.52 bits per heavy atom. The van der Waals surface area contributed by atoms with Crippen LogP contribution in [-0.4, -0.2) is 49.0 Å². The summed E-state index contributed by atoms with van der Waals surface area (Å²) >= 11 is 5.61. The number of aromatic nitrogens is 2. The number of rotatable bonds is 3. The van der Waals surface area contributed by atoms with E-state index < -0.39 is 15.8 Å². The zero-order valence-electron chi connectivity index (χ0n) is 11.9. The maximum atomic E-state index is 13.9. The van der Waals surface area contributed by atoms with Crippen LogP contribution in [0.2, 0.25) is 5.15 Å². The summed E-state index contributed by atoms with van der Waals surface area (Å²) in [5.41, 5.74) is 0.442. The average molecular weight is 358 g/mol. The van der Waals surface area contributed by atoms with Gasteiger partial charge in [-0.25, -0.2) is 17.8 Å². The highest BCUT2D eigenvalue weighted by atomic mass is 35.5. The Kier molecular flexibility index (Phi) is 4.58. The van der Waals surface area contributed by atoms with Crippen molar-refractivity contribution in [2.75, 3.05) is 26.3 Å². The molecular weight excluding hydrogens is 345 g/mol. The van der Waals surface area contributed by atoms with Crippen molar-refractivity contribution in [3.05, 3.63) is 41.6 Å². The van der Waals surface area contributed by atoms with E-state index in [1.54, 1.807) is 0 Å². The zero-order valence-corrected chi connectivity index (χ0v) is 13.5. The van der Waals surface area contributed by atoms with Crippen molar-refractivity contribution in [3.8, 4) is 11.3 Å². The van der Waals surface area contributed by atoms with Crippen LogP contribution in [0.4, 0.5) is 4.39 Å². The molecule has 1 aliphatic heterocycles. The third-order valence-electron chi connectivity index (χ3n) is 3.44. The second-order valence-electron chi connectivity index (χ2n) is 4.88. The molecule has 1 saturated heterocycles. The lowest BCUT2D eigenvalue weighted by atomic mass is 10.2. The lowest BCUT2D eigenvalue weighted by Crippen LogP contribution is -2.40. The van der Waals surface area contributed by atoms with E-state index in [1.807, 2.05) is 0 Å². The van der Waals surface area contributed by atoms with Crippen LogP contribution in [0.15, 0.2) is 35.5 Å². The molecule has 0 amide bonds. The van der Waals surface area contributed by atoms with Crippen LogP contribution in [0.25, 0.3) is 11.3 Å². The van der Waals surface area contributed by atoms with E-state index in [0.29, 0.717) is 26.3 Å². The van der Waals surface area contributed by atoms with E-state index in [0.717, 1.165) is 6.07 Å². The van der Waals surface area contributed by atoms with Crippen LogP contribution in [-0.2, 0) is 14.8 Å². The van der Waals surface area contributed by atoms with Gasteiger partial charge in [0, 0.05) is 31.5 Å². The van der Waals surface area contributed by atoms with Crippen molar-refractivity contribution in [2.45, 2.75) is 4.90 Å². The lowest BCUT2D eigenvalue weighted by Gasteiger charge is -2.25. The smallest absolute Gasteiger partial charge is 0.244 e. The van der Waals surface area contributed by atoms with Gasteiger partial charge in [0.2, 0.25) is 10.0 Å². The highest BCUT2D eigenvalue weighted by Crippen LogP contribution is 2.24. The van der Waals surface area contributed by atoms with Crippen LogP contribution in [0.5, 0.6) is 0 Å². The van der Waals surface area contributed by atoms with Crippen LogP contribution in [0.3, 0.4) is 0 Å². The van der Waals surface area contributed by atoms with Crippen molar-refractivity contribution in [1.82, 2.24) is 14.3 Å². The highest BCUT2D eigenvalue weighted by Gasteiger charge is 2.26. The van der Waals surface area contributed by atoms with Gasteiger partial charge in [0.05, 0.1) is 24.5 Å². The van der Waals surface area contributed by atoms with E-state index in [4.69, 9.17) is 16.3 Å². The predicted octanol–water partition coefficient (Wildman–Crippen LogP) is 1.96. The molecule has 0 aliphatic carbocycles. The number of morpholine rings is 1. The Balaban J connectivity index is 1.89. The highest BCUT2D eigenvalue weighted by molar-refractivity contribution is 7.89. The molecule has 0 unspecified atom stereocenters. The summed E-state index contributed by atoms with van der Waals surface area (Å²) in [5.74, 6) is -0.568. The molecule has 0 saturated carbocycles. The van der Waals surface area contributed by atoms with Crippen LogP contribution in [0.1, 0.15) is 0 Å². The summed E-state index contributed by atoms with van der Waals surface area (Å²) in [7, 11) is -3.62. The molecule has 2 aromatic rings. The minimum Gasteiger partial charge on any atom is -0.379 e. The summed E-state index contributed by atoms with van der Waals surface area (Å²) < 4.78 is 45.3. The van der Waals surface area contributed by atoms with E-state index in [9.17, 15) is 12.8 Å². The second kappa shape index (κ2) is 6.48. The van der Waals surface area contributed by atoms with Gasteiger partial charge < -0.3 is 4.74 Å². The summed E-state index contributed by atoms with van der Waals surface area (Å²) in [6.07, 6.45) is 2.48. The van der Waals surface area contributed by atoms with Gasteiger partial charge in [-0.3, -0.25) is 4.98 Å². The fourth-order valence-corrected chi connectivity index (χ4v) is 3.72. The first-order valence-corrected chi connectivity index (χ1v) is 8.65. The molecule has 3 heterocycles. The molecule has 0 atom stereocenters. The van der Waals surface area contributed by atoms with E-state index >= 15 is 0 Å². The van der Waals surface area contributed by atoms with Gasteiger partial charge in [-0.05, 0) is 12.1 Å². The van der Waals surface area contributed by atoms with Crippen molar-refractivity contribution in [1.29, 1.82) is 0 Å². The molecule has 2 aromatic heterocycles. The summed E-state index contributed by atoms with van der Waals surface area (Å²) in [6.45, 7) is 1.35. The van der Waals surface area contributed by atoms with Gasteiger partial charge >= 0.3 is 0 Å². The van der Waals surface area contributed by atoms with Gasteiger partial charge in [0.25, 0.3) is 0 Å². The number of nitrogens with zero attached hydrogens (tertiary/aromatic N) is 3. The molecule has 3 rings (SSSR count). The number of hydrogen-bond donors (Lipinski definition) is 0. The first-order chi connectivity index (χ1) is 11.0. The molecule has 1 fully saturated rings. The van der Waals surface area contributed by atoms with Gasteiger partial charge in [-0.2, -0.15) is 4.31 Å². The topological polar surface area (TPSA) is 72.4 Å². The molecule has 0 N–H and O–H groups in total. The predicted molar refractivity (Wildman–Crippen MR) is 82.0 cm³/mol. The molecule has 0 bridgehead atoms. The summed E-state index contributed by atoms with van der Waals surface area (Å²) in [4.78, 5) is 7.91. The first kappa shape index (κ1) is 16.3. The van der Waals surface area contributed by atoms with Crippen LogP contribution < -0.4 is 0 Å². The fourth-order valence-electron chi connectivity index (χ4n) is 2.22. The van der Waals surface area contributed by atoms with Gasteiger partial charge in [-0.1, -0.05) is 11.6 Å². The Bertz CT molecular complexity index is 809. The number of halogens is 2. The molecule has 122 valence electrons. The Morgan fingerprint density at radius 1 is 1.17 bits per heavy atom. The standard InChI is InChI=1S/C14H13ClFN3O3S/c15-14-7-12(16)11(9-18-14)13-2-1-10(8-17-13)23(20,21)19-3-5-22-6-4-19/h1-2,7-9H,3-6H2. The van der Waals surface area contributed by atoms with E-state index in [2.05, 4.69) is 9.97 Å². The molecule has 1 aliphatic rings. The Morgan fingerprint density at radius 2 is 1.91 bits per heavy atom. The molecular formula is C14H13ClFN3O3S. The average Bonchev–Trinajstić information content (AvgIpc) is 2.56. The first-order valence-electron chi connectivity index (χ1n) is 6.84.